The van der Waals surface area contributed by atoms with Gasteiger partial charge >= 0.3 is 0 Å². The Balaban J connectivity index is 1.75. The maximum absolute atomic E-state index is 12.1. The van der Waals surface area contributed by atoms with Crippen molar-refractivity contribution in [3.63, 3.8) is 0 Å². The Kier molecular flexibility index (Phi) is 2.99. The third-order valence-corrected chi connectivity index (χ3v) is 5.15. The smallest absolute Gasteiger partial charge is 0.229 e. The summed E-state index contributed by atoms with van der Waals surface area (Å²) >= 11 is 12.0. The van der Waals surface area contributed by atoms with E-state index in [-0.39, 0.29) is 5.91 Å². The van der Waals surface area contributed by atoms with Crippen molar-refractivity contribution in [2.24, 2.45) is 12.5 Å². The Morgan fingerprint density at radius 3 is 2.70 bits per heavy atom. The highest BCUT2D eigenvalue weighted by molar-refractivity contribution is 6.53. The zero-order valence-electron chi connectivity index (χ0n) is 11.3. The molecule has 0 radical (unpaired) electrons. The molecule has 20 heavy (non-hydrogen) atoms. The van der Waals surface area contributed by atoms with Crippen LogP contribution in [0.15, 0.2) is 24.3 Å². The van der Waals surface area contributed by atoms with Crippen molar-refractivity contribution in [1.29, 1.82) is 0 Å². The van der Waals surface area contributed by atoms with Gasteiger partial charge in [0.05, 0.1) is 23.0 Å². The lowest BCUT2D eigenvalue weighted by molar-refractivity contribution is -0.126. The normalized spacial score (nSPS) is 23.8. The highest BCUT2D eigenvalue weighted by Crippen LogP contribution is 2.63. The summed E-state index contributed by atoms with van der Waals surface area (Å²) in [6, 6.07) is 7.86. The number of alkyl halides is 2. The number of rotatable bonds is 3. The Morgan fingerprint density at radius 2 is 2.10 bits per heavy atom. The Bertz CT molecular complexity index is 695. The van der Waals surface area contributed by atoms with Crippen molar-refractivity contribution in [2.75, 3.05) is 0 Å². The molecule has 4 nitrogen and oxygen atoms in total. The fourth-order valence-corrected chi connectivity index (χ4v) is 3.06. The van der Waals surface area contributed by atoms with Gasteiger partial charge in [-0.15, -0.1) is 23.2 Å². The number of carbonyl (C=O) groups is 1. The zero-order chi connectivity index (χ0) is 14.5. The van der Waals surface area contributed by atoms with Crippen molar-refractivity contribution in [2.45, 2.75) is 24.2 Å². The molecule has 1 aromatic heterocycles. The van der Waals surface area contributed by atoms with E-state index in [4.69, 9.17) is 23.2 Å². The molecule has 0 saturated heterocycles. The van der Waals surface area contributed by atoms with Gasteiger partial charge in [0.2, 0.25) is 5.91 Å². The molecule has 1 atom stereocenters. The first-order chi connectivity index (χ1) is 9.35. The molecule has 1 fully saturated rings. The molecule has 1 unspecified atom stereocenters. The lowest BCUT2D eigenvalue weighted by Gasteiger charge is -2.12. The van der Waals surface area contributed by atoms with Crippen molar-refractivity contribution in [3.8, 4) is 0 Å². The second-order valence-electron chi connectivity index (χ2n) is 5.47. The number of hydrogen-bond donors (Lipinski definition) is 1. The van der Waals surface area contributed by atoms with E-state index in [2.05, 4.69) is 10.3 Å². The largest absolute Gasteiger partial charge is 0.348 e. The Morgan fingerprint density at radius 1 is 1.45 bits per heavy atom. The van der Waals surface area contributed by atoms with Crippen LogP contribution in [0.25, 0.3) is 11.0 Å². The molecule has 1 saturated carbocycles. The minimum atomic E-state index is -0.941. The van der Waals surface area contributed by atoms with Crippen molar-refractivity contribution < 1.29 is 4.79 Å². The Hall–Kier alpha value is -1.26. The molecule has 0 aliphatic heterocycles. The summed E-state index contributed by atoms with van der Waals surface area (Å²) in [5, 5.41) is 2.87. The van der Waals surface area contributed by atoms with Crippen LogP contribution in [0, 0.1) is 5.41 Å². The highest BCUT2D eigenvalue weighted by Gasteiger charge is 2.67. The number of fused-ring (bicyclic) bond motifs is 1. The van der Waals surface area contributed by atoms with Gasteiger partial charge in [0, 0.05) is 7.05 Å². The molecule has 1 aromatic carbocycles. The van der Waals surface area contributed by atoms with E-state index in [1.807, 2.05) is 35.9 Å². The number of aryl methyl sites for hydroxylation is 1. The van der Waals surface area contributed by atoms with E-state index in [9.17, 15) is 4.79 Å². The number of hydrogen-bond acceptors (Lipinski definition) is 2. The maximum Gasteiger partial charge on any atom is 0.229 e. The molecule has 1 N–H and O–H groups in total. The molecule has 6 heteroatoms. The van der Waals surface area contributed by atoms with Gasteiger partial charge < -0.3 is 9.88 Å². The van der Waals surface area contributed by atoms with Gasteiger partial charge in [0.1, 0.15) is 10.2 Å². The monoisotopic (exact) mass is 311 g/mol. The second kappa shape index (κ2) is 4.37. The molecular weight excluding hydrogens is 297 g/mol. The molecule has 1 heterocycles. The van der Waals surface area contributed by atoms with Gasteiger partial charge in [-0.1, -0.05) is 12.1 Å². The van der Waals surface area contributed by atoms with E-state index < -0.39 is 9.75 Å². The van der Waals surface area contributed by atoms with Gasteiger partial charge in [0.25, 0.3) is 0 Å². The first-order valence-electron chi connectivity index (χ1n) is 6.42. The minimum Gasteiger partial charge on any atom is -0.348 e. The summed E-state index contributed by atoms with van der Waals surface area (Å²) < 4.78 is 1.03. The van der Waals surface area contributed by atoms with E-state index >= 15 is 0 Å². The first kappa shape index (κ1) is 13.7. The molecule has 106 valence electrons. The number of benzene rings is 1. The van der Waals surface area contributed by atoms with Crippen LogP contribution < -0.4 is 5.32 Å². The van der Waals surface area contributed by atoms with Gasteiger partial charge in [-0.3, -0.25) is 4.79 Å². The number of nitrogens with one attached hydrogen (secondary N) is 1. The molecule has 1 aliphatic carbocycles. The van der Waals surface area contributed by atoms with Gasteiger partial charge in [-0.2, -0.15) is 0 Å². The third kappa shape index (κ3) is 1.98. The van der Waals surface area contributed by atoms with Crippen LogP contribution in [-0.2, 0) is 18.4 Å². The average Bonchev–Trinajstić information content (AvgIpc) is 2.78. The molecule has 0 bridgehead atoms. The number of carbonyl (C=O) groups excluding carboxylic acids is 1. The summed E-state index contributed by atoms with van der Waals surface area (Å²) in [6.45, 7) is 2.14. The molecule has 0 spiro atoms. The predicted octanol–water partition coefficient (Wildman–Crippen LogP) is 2.77. The topological polar surface area (TPSA) is 46.9 Å². The Labute approximate surface area is 127 Å². The standard InChI is InChI=1S/C14H15Cl2N3O/c1-13(8-14(13,15)16)12(20)17-7-11-18-9-5-3-4-6-10(9)19(11)2/h3-6H,7-8H2,1-2H3,(H,17,20). The summed E-state index contributed by atoms with van der Waals surface area (Å²) in [7, 11) is 1.93. The summed E-state index contributed by atoms with van der Waals surface area (Å²) in [6.07, 6.45) is 0.484. The van der Waals surface area contributed by atoms with Crippen molar-refractivity contribution >= 4 is 40.1 Å². The molecule has 3 rings (SSSR count). The fourth-order valence-electron chi connectivity index (χ4n) is 2.35. The van der Waals surface area contributed by atoms with Crippen LogP contribution in [0.2, 0.25) is 0 Å². The van der Waals surface area contributed by atoms with Gasteiger partial charge in [0.15, 0.2) is 0 Å². The van der Waals surface area contributed by atoms with E-state index in [1.54, 1.807) is 6.92 Å². The summed E-state index contributed by atoms with van der Waals surface area (Å²) in [5.74, 6) is 0.674. The van der Waals surface area contributed by atoms with Gasteiger partial charge in [-0.25, -0.2) is 4.98 Å². The van der Waals surface area contributed by atoms with Crippen LogP contribution in [0.5, 0.6) is 0 Å². The fraction of sp³-hybridized carbons (Fsp3) is 0.429. The summed E-state index contributed by atoms with van der Waals surface area (Å²) in [5.41, 5.74) is 1.26. The van der Waals surface area contributed by atoms with Crippen LogP contribution in [0.4, 0.5) is 0 Å². The zero-order valence-corrected chi connectivity index (χ0v) is 12.8. The molecular formula is C14H15Cl2N3O. The number of para-hydroxylation sites is 2. The predicted molar refractivity (Wildman–Crippen MR) is 79.7 cm³/mol. The van der Waals surface area contributed by atoms with Crippen LogP contribution >= 0.6 is 23.2 Å². The number of aromatic nitrogens is 2. The first-order valence-corrected chi connectivity index (χ1v) is 7.17. The van der Waals surface area contributed by atoms with Gasteiger partial charge in [-0.05, 0) is 25.5 Å². The second-order valence-corrected chi connectivity index (χ2v) is 6.96. The third-order valence-electron chi connectivity index (χ3n) is 4.05. The van der Waals surface area contributed by atoms with E-state index in [0.717, 1.165) is 16.9 Å². The lowest BCUT2D eigenvalue weighted by atomic mass is 10.1. The number of amides is 1. The quantitative estimate of drug-likeness (QED) is 0.886. The SMILES string of the molecule is Cn1c(CNC(=O)C2(C)CC2(Cl)Cl)nc2ccccc21. The summed E-state index contributed by atoms with van der Waals surface area (Å²) in [4.78, 5) is 16.6. The van der Waals surface area contributed by atoms with Crippen LogP contribution in [0.1, 0.15) is 19.2 Å². The molecule has 2 aromatic rings. The minimum absolute atomic E-state index is 0.130. The van der Waals surface area contributed by atoms with E-state index in [0.29, 0.717) is 13.0 Å². The lowest BCUT2D eigenvalue weighted by Crippen LogP contribution is -2.33. The maximum atomic E-state index is 12.1. The number of halogens is 2. The van der Waals surface area contributed by atoms with E-state index in [1.165, 1.54) is 0 Å². The van der Waals surface area contributed by atoms with Crippen LogP contribution in [-0.4, -0.2) is 19.8 Å². The number of nitrogens with zero attached hydrogens (tertiary/aromatic N) is 2. The highest BCUT2D eigenvalue weighted by atomic mass is 35.5. The van der Waals surface area contributed by atoms with Crippen molar-refractivity contribution in [3.05, 3.63) is 30.1 Å². The molecule has 1 aliphatic rings. The average molecular weight is 312 g/mol. The number of imidazole rings is 1. The molecule has 1 amide bonds. The van der Waals surface area contributed by atoms with Crippen LogP contribution in [0.3, 0.4) is 0 Å². The van der Waals surface area contributed by atoms with Crippen molar-refractivity contribution in [1.82, 2.24) is 14.9 Å².